The average Bonchev–Trinajstić information content (AvgIpc) is 2.81. The van der Waals surface area contributed by atoms with Crippen molar-refractivity contribution in [3.8, 4) is 0 Å². The van der Waals surface area contributed by atoms with Crippen LogP contribution in [0.15, 0.2) is 24.4 Å². The summed E-state index contributed by atoms with van der Waals surface area (Å²) < 4.78 is 6.25. The lowest BCUT2D eigenvalue weighted by molar-refractivity contribution is -0.139. The number of amides is 1. The van der Waals surface area contributed by atoms with Crippen molar-refractivity contribution in [2.24, 2.45) is 0 Å². The van der Waals surface area contributed by atoms with Gasteiger partial charge in [0, 0.05) is 11.9 Å². The summed E-state index contributed by atoms with van der Waals surface area (Å²) >= 11 is 0. The van der Waals surface area contributed by atoms with Gasteiger partial charge in [-0.3, -0.25) is 9.59 Å². The first-order valence-electron chi connectivity index (χ1n) is 5.41. The summed E-state index contributed by atoms with van der Waals surface area (Å²) in [5, 5.41) is 2.44. The van der Waals surface area contributed by atoms with Gasteiger partial charge in [0.05, 0.1) is 7.11 Å². The van der Waals surface area contributed by atoms with Gasteiger partial charge in [0.1, 0.15) is 17.9 Å². The van der Waals surface area contributed by atoms with Gasteiger partial charge in [0.15, 0.2) is 0 Å². The van der Waals surface area contributed by atoms with Crippen molar-refractivity contribution < 1.29 is 14.3 Å². The van der Waals surface area contributed by atoms with Crippen LogP contribution in [-0.4, -0.2) is 34.9 Å². The number of pyridine rings is 1. The number of ether oxygens (including phenoxy) is 1. The van der Waals surface area contributed by atoms with E-state index in [4.69, 9.17) is 0 Å². The summed E-state index contributed by atoms with van der Waals surface area (Å²) in [4.78, 5) is 26.8. The Labute approximate surface area is 104 Å². The molecule has 2 aromatic heterocycles. The number of nitrogens with zero attached hydrogens (tertiary/aromatic N) is 2. The summed E-state index contributed by atoms with van der Waals surface area (Å²) in [5.74, 6) is -0.896. The number of aromatic nitrogens is 2. The number of hydrogen-bond donors (Lipinski definition) is 1. The highest BCUT2D eigenvalue weighted by Gasteiger charge is 2.12. The molecule has 0 aliphatic heterocycles. The van der Waals surface area contributed by atoms with Gasteiger partial charge < -0.3 is 14.5 Å². The van der Waals surface area contributed by atoms with Crippen LogP contribution in [0.4, 0.5) is 0 Å². The lowest BCUT2D eigenvalue weighted by Gasteiger charge is -2.00. The van der Waals surface area contributed by atoms with Crippen LogP contribution in [0, 0.1) is 6.92 Å². The molecule has 0 aliphatic rings. The molecule has 0 saturated heterocycles. The van der Waals surface area contributed by atoms with E-state index in [-0.39, 0.29) is 12.2 Å². The maximum atomic E-state index is 11.8. The zero-order valence-corrected chi connectivity index (χ0v) is 10.1. The second-order valence-corrected chi connectivity index (χ2v) is 3.78. The Kier molecular flexibility index (Phi) is 3.27. The maximum Gasteiger partial charge on any atom is 0.325 e. The molecule has 0 radical (unpaired) electrons. The number of aryl methyl sites for hydroxylation is 1. The molecular formula is C12H13N3O3. The predicted octanol–water partition coefficient (Wildman–Crippen LogP) is 0.546. The first-order valence-corrected chi connectivity index (χ1v) is 5.41. The first kappa shape index (κ1) is 12.1. The van der Waals surface area contributed by atoms with Crippen molar-refractivity contribution in [2.75, 3.05) is 13.7 Å². The summed E-state index contributed by atoms with van der Waals surface area (Å²) in [7, 11) is 1.27. The zero-order chi connectivity index (χ0) is 13.1. The average molecular weight is 247 g/mol. The van der Waals surface area contributed by atoms with Gasteiger partial charge in [0.25, 0.3) is 5.91 Å². The third kappa shape index (κ3) is 2.32. The molecule has 0 atom stereocenters. The highest BCUT2D eigenvalue weighted by molar-refractivity contribution is 5.94. The van der Waals surface area contributed by atoms with Crippen LogP contribution in [-0.2, 0) is 9.53 Å². The van der Waals surface area contributed by atoms with Crippen molar-refractivity contribution in [1.82, 2.24) is 14.7 Å². The molecule has 2 aromatic rings. The van der Waals surface area contributed by atoms with Gasteiger partial charge in [-0.05, 0) is 19.1 Å². The number of carbonyl (C=O) groups is 2. The van der Waals surface area contributed by atoms with Crippen LogP contribution in [0.3, 0.4) is 0 Å². The van der Waals surface area contributed by atoms with E-state index in [1.807, 2.05) is 29.5 Å². The van der Waals surface area contributed by atoms with Crippen LogP contribution >= 0.6 is 0 Å². The molecule has 0 bridgehead atoms. The minimum Gasteiger partial charge on any atom is -0.468 e. The van der Waals surface area contributed by atoms with Gasteiger partial charge in [-0.25, -0.2) is 4.98 Å². The maximum absolute atomic E-state index is 11.8. The Balaban J connectivity index is 2.18. The lowest BCUT2D eigenvalue weighted by Crippen LogP contribution is -2.30. The van der Waals surface area contributed by atoms with Crippen molar-refractivity contribution >= 4 is 17.5 Å². The van der Waals surface area contributed by atoms with E-state index in [0.717, 1.165) is 5.69 Å². The molecule has 18 heavy (non-hydrogen) atoms. The van der Waals surface area contributed by atoms with Gasteiger partial charge in [-0.2, -0.15) is 0 Å². The molecule has 6 nitrogen and oxygen atoms in total. The van der Waals surface area contributed by atoms with Crippen LogP contribution in [0.2, 0.25) is 0 Å². The van der Waals surface area contributed by atoms with Crippen molar-refractivity contribution in [3.05, 3.63) is 35.8 Å². The van der Waals surface area contributed by atoms with E-state index in [2.05, 4.69) is 15.0 Å². The normalized spacial score (nSPS) is 10.3. The molecule has 0 fully saturated rings. The molecule has 94 valence electrons. The fraction of sp³-hybridized carbons (Fsp3) is 0.250. The second-order valence-electron chi connectivity index (χ2n) is 3.78. The van der Waals surface area contributed by atoms with E-state index in [1.165, 1.54) is 7.11 Å². The second kappa shape index (κ2) is 4.87. The van der Waals surface area contributed by atoms with E-state index in [9.17, 15) is 9.59 Å². The number of esters is 1. The van der Waals surface area contributed by atoms with E-state index in [1.54, 1.807) is 6.20 Å². The van der Waals surface area contributed by atoms with E-state index < -0.39 is 11.9 Å². The highest BCUT2D eigenvalue weighted by atomic mass is 16.5. The number of carbonyl (C=O) groups excluding carboxylic acids is 2. The van der Waals surface area contributed by atoms with Gasteiger partial charge in [-0.15, -0.1) is 0 Å². The third-order valence-corrected chi connectivity index (χ3v) is 2.55. The van der Waals surface area contributed by atoms with Gasteiger partial charge in [0.2, 0.25) is 0 Å². The zero-order valence-electron chi connectivity index (χ0n) is 10.1. The van der Waals surface area contributed by atoms with Crippen LogP contribution in [0.1, 0.15) is 16.2 Å². The molecule has 0 saturated carbocycles. The topological polar surface area (TPSA) is 72.7 Å². The summed E-state index contributed by atoms with van der Waals surface area (Å²) in [6, 6.07) is 5.60. The molecule has 1 N–H and O–H groups in total. The fourth-order valence-corrected chi connectivity index (χ4v) is 1.57. The minimum absolute atomic E-state index is 0.164. The fourth-order valence-electron chi connectivity index (χ4n) is 1.57. The smallest absolute Gasteiger partial charge is 0.325 e. The Hall–Kier alpha value is -2.37. The van der Waals surface area contributed by atoms with Crippen LogP contribution in [0.5, 0.6) is 0 Å². The molecule has 0 aromatic carbocycles. The monoisotopic (exact) mass is 247 g/mol. The number of methoxy groups -OCH3 is 1. The molecule has 0 aliphatic carbocycles. The summed E-state index contributed by atoms with van der Waals surface area (Å²) in [5.41, 5.74) is 1.94. The molecular weight excluding hydrogens is 234 g/mol. The lowest BCUT2D eigenvalue weighted by atomic mass is 10.4. The van der Waals surface area contributed by atoms with E-state index >= 15 is 0 Å². The van der Waals surface area contributed by atoms with Gasteiger partial charge in [-0.1, -0.05) is 6.07 Å². The Morgan fingerprint density at radius 2 is 2.22 bits per heavy atom. The van der Waals surface area contributed by atoms with Crippen molar-refractivity contribution in [3.63, 3.8) is 0 Å². The molecule has 0 spiro atoms. The highest BCUT2D eigenvalue weighted by Crippen LogP contribution is 2.08. The number of fused-ring (bicyclic) bond motifs is 1. The van der Waals surface area contributed by atoms with Crippen LogP contribution in [0.25, 0.3) is 5.65 Å². The first-order chi connectivity index (χ1) is 8.61. The standard InChI is InChI=1S/C12H13N3O3/c1-8-4-3-5-10-14-9(7-15(8)10)12(17)13-6-11(16)18-2/h3-5,7H,6H2,1-2H3,(H,13,17). The Bertz CT molecular complexity index is 604. The molecule has 0 unspecified atom stereocenters. The van der Waals surface area contributed by atoms with Crippen molar-refractivity contribution in [2.45, 2.75) is 6.92 Å². The number of rotatable bonds is 3. The quantitative estimate of drug-likeness (QED) is 0.804. The van der Waals surface area contributed by atoms with Gasteiger partial charge >= 0.3 is 5.97 Å². The number of hydrogen-bond acceptors (Lipinski definition) is 4. The molecule has 2 heterocycles. The molecule has 6 heteroatoms. The predicted molar refractivity (Wildman–Crippen MR) is 64.3 cm³/mol. The Morgan fingerprint density at radius 1 is 1.44 bits per heavy atom. The minimum atomic E-state index is -0.497. The summed E-state index contributed by atoms with van der Waals surface area (Å²) in [6.45, 7) is 1.76. The summed E-state index contributed by atoms with van der Waals surface area (Å²) in [6.07, 6.45) is 1.64. The SMILES string of the molecule is COC(=O)CNC(=O)c1cn2c(C)cccc2n1. The number of imidazole rings is 1. The Morgan fingerprint density at radius 3 is 2.89 bits per heavy atom. The van der Waals surface area contributed by atoms with Crippen molar-refractivity contribution in [1.29, 1.82) is 0 Å². The third-order valence-electron chi connectivity index (χ3n) is 2.55. The molecule has 1 amide bonds. The molecule has 2 rings (SSSR count). The van der Waals surface area contributed by atoms with Crippen LogP contribution < -0.4 is 5.32 Å². The number of nitrogens with one attached hydrogen (secondary N) is 1. The van der Waals surface area contributed by atoms with E-state index in [0.29, 0.717) is 5.65 Å². The largest absolute Gasteiger partial charge is 0.468 e.